The second-order valence-corrected chi connectivity index (χ2v) is 3.81. The second kappa shape index (κ2) is 5.19. The highest BCUT2D eigenvalue weighted by Gasteiger charge is 2.08. The highest BCUT2D eigenvalue weighted by atomic mass is 16.4. The minimum absolute atomic E-state index is 0.251. The zero-order valence-corrected chi connectivity index (χ0v) is 9.76. The van der Waals surface area contributed by atoms with Crippen molar-refractivity contribution in [3.63, 3.8) is 0 Å². The molecule has 0 heterocycles. The van der Waals surface area contributed by atoms with Crippen molar-refractivity contribution in [2.75, 3.05) is 5.32 Å². The largest absolute Gasteiger partial charge is 0.478 e. The first-order valence-electron chi connectivity index (χ1n) is 5.52. The maximum atomic E-state index is 11.1. The first-order valence-corrected chi connectivity index (χ1v) is 5.52. The molecule has 90 valence electrons. The van der Waals surface area contributed by atoms with Crippen molar-refractivity contribution in [1.82, 2.24) is 0 Å². The van der Waals surface area contributed by atoms with Crippen molar-refractivity contribution in [2.24, 2.45) is 0 Å². The number of hydrogen-bond acceptors (Lipinski definition) is 2. The van der Waals surface area contributed by atoms with Crippen LogP contribution in [0.5, 0.6) is 0 Å². The molecule has 0 aliphatic heterocycles. The average Bonchev–Trinajstić information content (AvgIpc) is 2.39. The highest BCUT2D eigenvalue weighted by molar-refractivity contribution is 5.95. The van der Waals surface area contributed by atoms with Gasteiger partial charge in [0.2, 0.25) is 0 Å². The summed E-state index contributed by atoms with van der Waals surface area (Å²) in [5.74, 6) is -0.946. The Morgan fingerprint density at radius 3 is 2.67 bits per heavy atom. The lowest BCUT2D eigenvalue weighted by Gasteiger charge is -2.09. The molecule has 2 N–H and O–H groups in total. The molecule has 3 nitrogen and oxygen atoms in total. The Bertz CT molecular complexity index is 591. The maximum absolute atomic E-state index is 11.1. The number of carbonyl (C=O) groups is 1. The lowest BCUT2D eigenvalue weighted by Crippen LogP contribution is -2.02. The predicted molar refractivity (Wildman–Crippen MR) is 73.2 cm³/mol. The molecule has 2 aromatic carbocycles. The quantitative estimate of drug-likeness (QED) is 0.853. The van der Waals surface area contributed by atoms with Crippen molar-refractivity contribution in [3.8, 4) is 0 Å². The van der Waals surface area contributed by atoms with Crippen LogP contribution < -0.4 is 5.32 Å². The lowest BCUT2D eigenvalue weighted by atomic mass is 10.1. The van der Waals surface area contributed by atoms with E-state index in [1.807, 2.05) is 24.3 Å². The van der Waals surface area contributed by atoms with Gasteiger partial charge in [0.25, 0.3) is 0 Å². The van der Waals surface area contributed by atoms with Crippen molar-refractivity contribution < 1.29 is 9.90 Å². The number of anilines is 2. The first-order chi connectivity index (χ1) is 8.70. The molecular formula is C15H13NO2. The molecule has 0 fully saturated rings. The summed E-state index contributed by atoms with van der Waals surface area (Å²) in [4.78, 5) is 11.1. The Morgan fingerprint density at radius 2 is 1.94 bits per heavy atom. The van der Waals surface area contributed by atoms with Crippen molar-refractivity contribution in [3.05, 3.63) is 66.2 Å². The summed E-state index contributed by atoms with van der Waals surface area (Å²) in [6.07, 6.45) is 1.74. The van der Waals surface area contributed by atoms with Gasteiger partial charge in [-0.15, -0.1) is 0 Å². The first kappa shape index (κ1) is 11.9. The number of carboxylic acid groups (broad SMARTS) is 1. The van der Waals surface area contributed by atoms with Gasteiger partial charge >= 0.3 is 5.97 Å². The van der Waals surface area contributed by atoms with Gasteiger partial charge in [0.05, 0.1) is 11.3 Å². The SMILES string of the molecule is C=Cc1cccc(Nc2ccccc2C(=O)O)c1. The Kier molecular flexibility index (Phi) is 3.44. The summed E-state index contributed by atoms with van der Waals surface area (Å²) in [5.41, 5.74) is 2.64. The Hall–Kier alpha value is -2.55. The van der Waals surface area contributed by atoms with Crippen LogP contribution in [0.2, 0.25) is 0 Å². The molecule has 0 aliphatic rings. The fourth-order valence-corrected chi connectivity index (χ4v) is 1.68. The van der Waals surface area contributed by atoms with Gasteiger partial charge in [0.15, 0.2) is 0 Å². The molecule has 18 heavy (non-hydrogen) atoms. The number of benzene rings is 2. The summed E-state index contributed by atoms with van der Waals surface area (Å²) in [6.45, 7) is 3.70. The number of nitrogens with one attached hydrogen (secondary N) is 1. The molecule has 0 unspecified atom stereocenters. The van der Waals surface area contributed by atoms with E-state index >= 15 is 0 Å². The Labute approximate surface area is 105 Å². The van der Waals surface area contributed by atoms with Gasteiger partial charge in [0.1, 0.15) is 0 Å². The third kappa shape index (κ3) is 2.58. The topological polar surface area (TPSA) is 49.3 Å². The van der Waals surface area contributed by atoms with Crippen LogP contribution in [0.1, 0.15) is 15.9 Å². The monoisotopic (exact) mass is 239 g/mol. The molecule has 0 spiro atoms. The molecule has 0 aromatic heterocycles. The van der Waals surface area contributed by atoms with Crippen LogP contribution >= 0.6 is 0 Å². The number of aromatic carboxylic acids is 1. The summed E-state index contributed by atoms with van der Waals surface area (Å²) in [5, 5.41) is 12.2. The summed E-state index contributed by atoms with van der Waals surface area (Å²) in [7, 11) is 0. The highest BCUT2D eigenvalue weighted by Crippen LogP contribution is 2.21. The van der Waals surface area contributed by atoms with Crippen LogP contribution in [-0.4, -0.2) is 11.1 Å². The van der Waals surface area contributed by atoms with Gasteiger partial charge in [-0.3, -0.25) is 0 Å². The molecule has 0 saturated carbocycles. The number of hydrogen-bond donors (Lipinski definition) is 2. The average molecular weight is 239 g/mol. The molecule has 0 bridgehead atoms. The third-order valence-corrected chi connectivity index (χ3v) is 2.56. The molecular weight excluding hydrogens is 226 g/mol. The van der Waals surface area contributed by atoms with E-state index < -0.39 is 5.97 Å². The van der Waals surface area contributed by atoms with Gasteiger partial charge in [-0.2, -0.15) is 0 Å². The standard InChI is InChI=1S/C15H13NO2/c1-2-11-6-5-7-12(10-11)16-14-9-4-3-8-13(14)15(17)18/h2-10,16H,1H2,(H,17,18). The minimum Gasteiger partial charge on any atom is -0.478 e. The fraction of sp³-hybridized carbons (Fsp3) is 0. The van der Waals surface area contributed by atoms with Crippen LogP contribution in [0.4, 0.5) is 11.4 Å². The van der Waals surface area contributed by atoms with E-state index in [0.29, 0.717) is 5.69 Å². The molecule has 2 aromatic rings. The lowest BCUT2D eigenvalue weighted by molar-refractivity contribution is 0.0698. The van der Waals surface area contributed by atoms with Gasteiger partial charge in [-0.1, -0.05) is 36.9 Å². The zero-order valence-electron chi connectivity index (χ0n) is 9.76. The molecule has 0 radical (unpaired) electrons. The molecule has 3 heteroatoms. The summed E-state index contributed by atoms with van der Waals surface area (Å²) < 4.78 is 0. The van der Waals surface area contributed by atoms with Crippen molar-refractivity contribution in [2.45, 2.75) is 0 Å². The van der Waals surface area contributed by atoms with Crippen LogP contribution in [0, 0.1) is 0 Å². The number of carboxylic acids is 1. The zero-order chi connectivity index (χ0) is 13.0. The number of rotatable bonds is 4. The van der Waals surface area contributed by atoms with Crippen LogP contribution in [-0.2, 0) is 0 Å². The third-order valence-electron chi connectivity index (χ3n) is 2.56. The van der Waals surface area contributed by atoms with E-state index in [1.165, 1.54) is 0 Å². The Morgan fingerprint density at radius 1 is 1.17 bits per heavy atom. The van der Waals surface area contributed by atoms with Crippen LogP contribution in [0.15, 0.2) is 55.1 Å². The molecule has 0 amide bonds. The Balaban J connectivity index is 2.33. The van der Waals surface area contributed by atoms with Gasteiger partial charge in [0, 0.05) is 5.69 Å². The van der Waals surface area contributed by atoms with Gasteiger partial charge in [-0.25, -0.2) is 4.79 Å². The summed E-state index contributed by atoms with van der Waals surface area (Å²) >= 11 is 0. The van der Waals surface area contributed by atoms with E-state index in [1.54, 1.807) is 30.3 Å². The smallest absolute Gasteiger partial charge is 0.337 e. The molecule has 2 rings (SSSR count). The van der Waals surface area contributed by atoms with E-state index in [4.69, 9.17) is 5.11 Å². The van der Waals surface area contributed by atoms with E-state index in [0.717, 1.165) is 11.3 Å². The maximum Gasteiger partial charge on any atom is 0.337 e. The molecule has 0 atom stereocenters. The van der Waals surface area contributed by atoms with E-state index in [2.05, 4.69) is 11.9 Å². The van der Waals surface area contributed by atoms with E-state index in [-0.39, 0.29) is 5.56 Å². The molecule has 0 saturated heterocycles. The fourth-order valence-electron chi connectivity index (χ4n) is 1.68. The van der Waals surface area contributed by atoms with Gasteiger partial charge in [-0.05, 0) is 29.8 Å². The van der Waals surface area contributed by atoms with Crippen molar-refractivity contribution >= 4 is 23.4 Å². The molecule has 0 aliphatic carbocycles. The minimum atomic E-state index is -0.946. The summed E-state index contributed by atoms with van der Waals surface area (Å²) in [6, 6.07) is 14.4. The normalized spacial score (nSPS) is 9.78. The number of para-hydroxylation sites is 1. The van der Waals surface area contributed by atoms with E-state index in [9.17, 15) is 4.79 Å². The second-order valence-electron chi connectivity index (χ2n) is 3.81. The van der Waals surface area contributed by atoms with Gasteiger partial charge < -0.3 is 10.4 Å². The van der Waals surface area contributed by atoms with Crippen molar-refractivity contribution in [1.29, 1.82) is 0 Å². The van der Waals surface area contributed by atoms with Crippen LogP contribution in [0.3, 0.4) is 0 Å². The predicted octanol–water partition coefficient (Wildman–Crippen LogP) is 3.77. The van der Waals surface area contributed by atoms with Crippen LogP contribution in [0.25, 0.3) is 6.08 Å².